The summed E-state index contributed by atoms with van der Waals surface area (Å²) in [6.07, 6.45) is 0. The molecule has 8 heteroatoms. The van der Waals surface area contributed by atoms with Gasteiger partial charge in [-0.05, 0) is 48.5 Å². The second-order valence-corrected chi connectivity index (χ2v) is 8.19. The van der Waals surface area contributed by atoms with Crippen molar-refractivity contribution in [1.29, 1.82) is 0 Å². The average molecular weight is 467 g/mol. The zero-order valence-corrected chi connectivity index (χ0v) is 18.9. The molecule has 1 heterocycles. The third-order valence-corrected chi connectivity index (χ3v) is 6.06. The fourth-order valence-electron chi connectivity index (χ4n) is 3.25. The van der Waals surface area contributed by atoms with Gasteiger partial charge in [0.15, 0.2) is 22.4 Å². The Bertz CT molecular complexity index is 1350. The first-order valence-corrected chi connectivity index (χ1v) is 11.0. The predicted octanol–water partition coefficient (Wildman–Crippen LogP) is 5.03. The van der Waals surface area contributed by atoms with E-state index in [1.165, 1.54) is 23.4 Å². The van der Waals surface area contributed by atoms with Gasteiger partial charge >= 0.3 is 0 Å². The molecule has 4 rings (SSSR count). The molecule has 1 aromatic heterocycles. The van der Waals surface area contributed by atoms with E-state index in [-0.39, 0.29) is 17.1 Å². The Kier molecular flexibility index (Phi) is 6.48. The van der Waals surface area contributed by atoms with E-state index in [0.717, 1.165) is 0 Å². The van der Waals surface area contributed by atoms with Crippen molar-refractivity contribution >= 4 is 40.0 Å². The topological polar surface area (TPSA) is 70.4 Å². The van der Waals surface area contributed by atoms with E-state index in [2.05, 4.69) is 4.98 Å². The highest BCUT2D eigenvalue weighted by Crippen LogP contribution is 2.30. The summed E-state index contributed by atoms with van der Waals surface area (Å²) in [5.41, 5.74) is 1.44. The number of halogens is 1. The molecule has 4 aromatic rings. The summed E-state index contributed by atoms with van der Waals surface area (Å²) in [4.78, 5) is 30.8. The van der Waals surface area contributed by atoms with Gasteiger partial charge in [-0.2, -0.15) is 0 Å². The molecule has 0 aliphatic rings. The predicted molar refractivity (Wildman–Crippen MR) is 127 cm³/mol. The van der Waals surface area contributed by atoms with Gasteiger partial charge in [-0.1, -0.05) is 35.5 Å². The highest BCUT2D eigenvalue weighted by molar-refractivity contribution is 7.99. The molecule has 0 fully saturated rings. The van der Waals surface area contributed by atoms with Gasteiger partial charge in [-0.15, -0.1) is 0 Å². The van der Waals surface area contributed by atoms with Crippen LogP contribution >= 0.6 is 23.4 Å². The van der Waals surface area contributed by atoms with E-state index in [4.69, 9.17) is 21.1 Å². The van der Waals surface area contributed by atoms with Crippen LogP contribution in [-0.4, -0.2) is 35.3 Å². The van der Waals surface area contributed by atoms with Crippen LogP contribution in [0.5, 0.6) is 11.5 Å². The highest BCUT2D eigenvalue weighted by Gasteiger charge is 2.17. The van der Waals surface area contributed by atoms with E-state index in [0.29, 0.717) is 43.8 Å². The molecule has 3 aromatic carbocycles. The number of hydrogen-bond donors (Lipinski definition) is 0. The molecule has 0 N–H and O–H groups in total. The maximum Gasteiger partial charge on any atom is 0.266 e. The van der Waals surface area contributed by atoms with Crippen LogP contribution in [0.3, 0.4) is 0 Å². The number of aromatic nitrogens is 2. The lowest BCUT2D eigenvalue weighted by molar-refractivity contribution is 0.102. The van der Waals surface area contributed by atoms with Crippen molar-refractivity contribution in [2.75, 3.05) is 20.0 Å². The van der Waals surface area contributed by atoms with Gasteiger partial charge in [-0.25, -0.2) is 4.98 Å². The van der Waals surface area contributed by atoms with Crippen molar-refractivity contribution in [3.8, 4) is 17.2 Å². The van der Waals surface area contributed by atoms with Gasteiger partial charge in [-0.3, -0.25) is 14.2 Å². The van der Waals surface area contributed by atoms with Crippen molar-refractivity contribution in [2.45, 2.75) is 5.16 Å². The van der Waals surface area contributed by atoms with Crippen molar-refractivity contribution in [3.63, 3.8) is 0 Å². The summed E-state index contributed by atoms with van der Waals surface area (Å²) in [5.74, 6) is 1.05. The number of thioether (sulfide) groups is 1. The van der Waals surface area contributed by atoms with E-state index in [1.54, 1.807) is 67.8 Å². The molecule has 0 saturated heterocycles. The molecule has 6 nitrogen and oxygen atoms in total. The van der Waals surface area contributed by atoms with Gasteiger partial charge in [0, 0.05) is 16.7 Å². The lowest BCUT2D eigenvalue weighted by Gasteiger charge is -2.15. The Morgan fingerprint density at radius 2 is 1.72 bits per heavy atom. The molecule has 0 unspecified atom stereocenters. The minimum Gasteiger partial charge on any atom is -0.493 e. The first-order chi connectivity index (χ1) is 15.5. The molecule has 0 radical (unpaired) electrons. The number of nitrogens with zero attached hydrogens (tertiary/aromatic N) is 2. The monoisotopic (exact) mass is 466 g/mol. The first kappa shape index (κ1) is 21.9. The van der Waals surface area contributed by atoms with Crippen molar-refractivity contribution in [3.05, 3.63) is 87.7 Å². The fourth-order valence-corrected chi connectivity index (χ4v) is 4.28. The number of ether oxygens (including phenoxy) is 2. The van der Waals surface area contributed by atoms with E-state index >= 15 is 0 Å². The number of Topliss-reactive ketones (excluding diaryl/α,β-unsaturated/α-hetero) is 1. The van der Waals surface area contributed by atoms with Crippen molar-refractivity contribution in [2.24, 2.45) is 0 Å². The average Bonchev–Trinajstić information content (AvgIpc) is 2.82. The standard InChI is InChI=1S/C24H19ClN2O4S/c1-30-21-12-11-17(13-22(21)31-2)27-23(29)18-5-3-4-6-19(18)26-24(27)32-14-20(28)15-7-9-16(25)10-8-15/h3-13H,14H2,1-2H3. The van der Waals surface area contributed by atoms with Crippen LogP contribution in [0.2, 0.25) is 5.02 Å². The number of para-hydroxylation sites is 1. The second-order valence-electron chi connectivity index (χ2n) is 6.81. The molecule has 0 saturated carbocycles. The highest BCUT2D eigenvalue weighted by atomic mass is 35.5. The van der Waals surface area contributed by atoms with E-state index in [9.17, 15) is 9.59 Å². The molecule has 0 spiro atoms. The number of rotatable bonds is 7. The molecular formula is C24H19ClN2O4S. The van der Waals surface area contributed by atoms with Crippen LogP contribution < -0.4 is 15.0 Å². The summed E-state index contributed by atoms with van der Waals surface area (Å²) in [6.45, 7) is 0. The Labute approximate surface area is 193 Å². The SMILES string of the molecule is COc1ccc(-n2c(SCC(=O)c3ccc(Cl)cc3)nc3ccccc3c2=O)cc1OC. The number of methoxy groups -OCH3 is 2. The number of carbonyl (C=O) groups excluding carboxylic acids is 1. The van der Waals surface area contributed by atoms with Crippen LogP contribution in [0.1, 0.15) is 10.4 Å². The Hall–Kier alpha value is -3.29. The lowest BCUT2D eigenvalue weighted by Crippen LogP contribution is -2.22. The molecular weight excluding hydrogens is 448 g/mol. The van der Waals surface area contributed by atoms with Gasteiger partial charge < -0.3 is 9.47 Å². The number of hydrogen-bond acceptors (Lipinski definition) is 6. The Morgan fingerprint density at radius 3 is 2.44 bits per heavy atom. The Morgan fingerprint density at radius 1 is 1.00 bits per heavy atom. The normalized spacial score (nSPS) is 10.8. The third-order valence-electron chi connectivity index (χ3n) is 4.87. The summed E-state index contributed by atoms with van der Waals surface area (Å²) < 4.78 is 12.2. The third kappa shape index (κ3) is 4.35. The van der Waals surface area contributed by atoms with Crippen molar-refractivity contribution in [1.82, 2.24) is 9.55 Å². The van der Waals surface area contributed by atoms with Gasteiger partial charge in [0.2, 0.25) is 0 Å². The van der Waals surface area contributed by atoms with Crippen LogP contribution in [0.4, 0.5) is 0 Å². The van der Waals surface area contributed by atoms with Gasteiger partial charge in [0.05, 0.1) is 36.6 Å². The fraction of sp³-hybridized carbons (Fsp3) is 0.125. The zero-order chi connectivity index (χ0) is 22.7. The van der Waals surface area contributed by atoms with Gasteiger partial charge in [0.25, 0.3) is 5.56 Å². The maximum atomic E-state index is 13.4. The molecule has 0 aliphatic heterocycles. The molecule has 32 heavy (non-hydrogen) atoms. The zero-order valence-electron chi connectivity index (χ0n) is 17.4. The maximum absolute atomic E-state index is 13.4. The van der Waals surface area contributed by atoms with Crippen LogP contribution in [-0.2, 0) is 0 Å². The van der Waals surface area contributed by atoms with E-state index < -0.39 is 0 Å². The summed E-state index contributed by atoms with van der Waals surface area (Å²) in [7, 11) is 3.08. The van der Waals surface area contributed by atoms with Gasteiger partial charge in [0.1, 0.15) is 0 Å². The Balaban J connectivity index is 1.78. The van der Waals surface area contributed by atoms with Crippen LogP contribution in [0.25, 0.3) is 16.6 Å². The lowest BCUT2D eigenvalue weighted by atomic mass is 10.1. The molecule has 0 amide bonds. The number of ketones is 1. The first-order valence-electron chi connectivity index (χ1n) is 9.67. The molecule has 0 atom stereocenters. The summed E-state index contributed by atoms with van der Waals surface area (Å²) >= 11 is 7.11. The molecule has 0 bridgehead atoms. The number of benzene rings is 3. The minimum atomic E-state index is -0.232. The smallest absolute Gasteiger partial charge is 0.266 e. The van der Waals surface area contributed by atoms with Crippen LogP contribution in [0, 0.1) is 0 Å². The second kappa shape index (κ2) is 9.46. The number of fused-ring (bicyclic) bond motifs is 1. The largest absolute Gasteiger partial charge is 0.493 e. The van der Waals surface area contributed by atoms with E-state index in [1.807, 2.05) is 6.07 Å². The summed E-state index contributed by atoms with van der Waals surface area (Å²) in [5, 5.41) is 1.45. The number of carbonyl (C=O) groups is 1. The quantitative estimate of drug-likeness (QED) is 0.216. The summed E-state index contributed by atoms with van der Waals surface area (Å²) in [6, 6.07) is 19.0. The van der Waals surface area contributed by atoms with Crippen LogP contribution in [0.15, 0.2) is 76.7 Å². The molecule has 162 valence electrons. The molecule has 0 aliphatic carbocycles. The minimum absolute atomic E-state index is 0.0899. The van der Waals surface area contributed by atoms with Crippen molar-refractivity contribution < 1.29 is 14.3 Å².